The summed E-state index contributed by atoms with van der Waals surface area (Å²) in [6.07, 6.45) is 0. The van der Waals surface area contributed by atoms with Crippen molar-refractivity contribution >= 4 is 11.0 Å². The van der Waals surface area contributed by atoms with Crippen molar-refractivity contribution in [1.82, 2.24) is 4.57 Å². The van der Waals surface area contributed by atoms with E-state index in [1.54, 1.807) is 0 Å². The molecular weight excluding hydrogens is 424 g/mol. The van der Waals surface area contributed by atoms with Crippen LogP contribution in [0.4, 0.5) is 0 Å². The minimum atomic E-state index is -0.896. The van der Waals surface area contributed by atoms with Crippen molar-refractivity contribution in [2.75, 3.05) is 0 Å². The molecule has 0 N–H and O–H groups in total. The number of para-hydroxylation sites is 2. The zero-order chi connectivity index (χ0) is 26.5. The van der Waals surface area contributed by atoms with Gasteiger partial charge in [-0.1, -0.05) is 88.4 Å². The Bertz CT molecular complexity index is 1560. The van der Waals surface area contributed by atoms with Gasteiger partial charge in [0.25, 0.3) is 5.82 Å². The number of hydrogen-bond acceptors (Lipinski definition) is 0. The van der Waals surface area contributed by atoms with Crippen LogP contribution in [-0.4, -0.2) is 4.57 Å². The van der Waals surface area contributed by atoms with Gasteiger partial charge in [0.2, 0.25) is 0 Å². The molecule has 0 fully saturated rings. The molecule has 0 spiro atoms. The van der Waals surface area contributed by atoms with E-state index in [2.05, 4.69) is 95.9 Å². The Labute approximate surface area is 212 Å². The lowest BCUT2D eigenvalue weighted by atomic mass is 9.88. The van der Waals surface area contributed by atoms with Crippen LogP contribution in [0.3, 0.4) is 0 Å². The zero-order valence-electron chi connectivity index (χ0n) is 23.6. The summed E-state index contributed by atoms with van der Waals surface area (Å²) in [7, 11) is 2.11. The fourth-order valence-electron chi connectivity index (χ4n) is 5.10. The number of benzene rings is 4. The minimum absolute atomic E-state index is 0.896. The number of nitrogens with zero attached hydrogens (tertiary/aromatic N) is 2. The normalized spacial score (nSPS) is 13.1. The van der Waals surface area contributed by atoms with Gasteiger partial charge >= 0.3 is 0 Å². The highest BCUT2D eigenvalue weighted by molar-refractivity contribution is 5.82. The van der Waals surface area contributed by atoms with Gasteiger partial charge in [-0.05, 0) is 65.7 Å². The summed E-state index contributed by atoms with van der Waals surface area (Å²) >= 11 is 0. The Hall–Kier alpha value is -3.65. The third-order valence-electron chi connectivity index (χ3n) is 6.92. The molecule has 0 unspecified atom stereocenters. The molecule has 176 valence electrons. The number of fused-ring (bicyclic) bond motifs is 1. The van der Waals surface area contributed by atoms with E-state index in [4.69, 9.17) is 0 Å². The molecule has 0 radical (unpaired) electrons. The highest BCUT2D eigenvalue weighted by Gasteiger charge is 2.31. The fraction of sp³-hybridized carbons (Fsp3) is 0.242. The molecule has 2 heteroatoms. The van der Waals surface area contributed by atoms with Crippen molar-refractivity contribution in [2.24, 2.45) is 7.05 Å². The third kappa shape index (κ3) is 3.97. The largest absolute Gasteiger partial charge is 0.295 e. The Kier molecular flexibility index (Phi) is 5.43. The highest BCUT2D eigenvalue weighted by atomic mass is 15.2. The second-order valence-electron chi connectivity index (χ2n) is 9.81. The molecule has 0 aliphatic rings. The summed E-state index contributed by atoms with van der Waals surface area (Å²) in [5.41, 5.74) is 9.34. The predicted octanol–water partition coefficient (Wildman–Crippen LogP) is 8.34. The Morgan fingerprint density at radius 3 is 1.91 bits per heavy atom. The van der Waals surface area contributed by atoms with E-state index >= 15 is 0 Å². The van der Waals surface area contributed by atoms with E-state index in [9.17, 15) is 2.74 Å². The fourth-order valence-corrected chi connectivity index (χ4v) is 5.10. The van der Waals surface area contributed by atoms with Crippen molar-refractivity contribution in [3.8, 4) is 28.2 Å². The lowest BCUT2D eigenvalue weighted by Gasteiger charge is -2.21. The molecule has 35 heavy (non-hydrogen) atoms. The van der Waals surface area contributed by atoms with Crippen LogP contribution in [-0.2, 0) is 7.05 Å². The monoisotopic (exact) mass is 461 g/mol. The quantitative estimate of drug-likeness (QED) is 0.233. The first-order chi connectivity index (χ1) is 17.5. The lowest BCUT2D eigenvalue weighted by Crippen LogP contribution is -2.30. The second kappa shape index (κ2) is 9.19. The van der Waals surface area contributed by atoms with E-state index in [1.807, 2.05) is 45.9 Å². The van der Waals surface area contributed by atoms with Crippen LogP contribution >= 0.6 is 0 Å². The molecule has 5 rings (SSSR count). The van der Waals surface area contributed by atoms with E-state index in [0.717, 1.165) is 50.4 Å². The van der Waals surface area contributed by atoms with Gasteiger partial charge in [-0.2, -0.15) is 4.57 Å². The van der Waals surface area contributed by atoms with Gasteiger partial charge < -0.3 is 0 Å². The zero-order valence-corrected chi connectivity index (χ0v) is 21.6. The minimum Gasteiger partial charge on any atom is -0.225 e. The van der Waals surface area contributed by atoms with E-state index in [-0.39, 0.29) is 0 Å². The van der Waals surface area contributed by atoms with Crippen LogP contribution < -0.4 is 4.57 Å². The van der Waals surface area contributed by atoms with Crippen LogP contribution in [0.2, 0.25) is 0 Å². The summed E-state index contributed by atoms with van der Waals surface area (Å²) in [5, 5.41) is 0. The van der Waals surface area contributed by atoms with Gasteiger partial charge in [-0.25, -0.2) is 4.57 Å². The average Bonchev–Trinajstić information content (AvgIpc) is 3.15. The summed E-state index contributed by atoms with van der Waals surface area (Å²) in [5.74, 6) is -0.747. The Morgan fingerprint density at radius 1 is 0.714 bits per heavy atom. The maximum Gasteiger partial charge on any atom is 0.295 e. The molecule has 0 saturated heterocycles. The smallest absolute Gasteiger partial charge is 0.225 e. The molecule has 2 nitrogen and oxygen atoms in total. The number of rotatable bonds is 5. The van der Waals surface area contributed by atoms with Crippen molar-refractivity contribution in [3.05, 3.63) is 108 Å². The van der Waals surface area contributed by atoms with Crippen LogP contribution in [0.15, 0.2) is 91.0 Å². The Balaban J connectivity index is 2.00. The SMILES string of the molecule is [2H]C(C)(C)c1cc(-c2ccccc2)cc(C([2H])(C)C)c1-n1c(-c2ccccc2C)[n+](C)c2ccccc21. The molecule has 1 heterocycles. The molecule has 5 aromatic rings. The van der Waals surface area contributed by atoms with E-state index < -0.39 is 11.8 Å². The molecule has 0 aliphatic carbocycles. The molecule has 0 saturated carbocycles. The molecule has 0 aliphatic heterocycles. The summed E-state index contributed by atoms with van der Waals surface area (Å²) in [6.45, 7) is 9.92. The standard InChI is InChI=1S/C33H35N2/c1-22(2)28-20-26(25-15-8-7-9-16-25)21-29(23(3)4)32(28)35-31-19-13-12-18-30(31)34(6)33(35)27-17-11-10-14-24(27)5/h7-23H,1-6H3/q+1/i22D,23D. The number of imidazole rings is 1. The number of aryl methyl sites for hydroxylation is 2. The predicted molar refractivity (Wildman–Crippen MR) is 148 cm³/mol. The Morgan fingerprint density at radius 2 is 1.29 bits per heavy atom. The average molecular weight is 462 g/mol. The van der Waals surface area contributed by atoms with Crippen molar-refractivity contribution in [2.45, 2.75) is 46.4 Å². The molecule has 0 bridgehead atoms. The topological polar surface area (TPSA) is 8.81 Å². The number of aromatic nitrogens is 2. The third-order valence-corrected chi connectivity index (χ3v) is 6.92. The van der Waals surface area contributed by atoms with Gasteiger partial charge in [0.15, 0.2) is 11.0 Å². The van der Waals surface area contributed by atoms with Gasteiger partial charge in [0.05, 0.1) is 12.6 Å². The van der Waals surface area contributed by atoms with Gasteiger partial charge in [0.1, 0.15) is 5.69 Å². The molecule has 0 amide bonds. The molecule has 4 aromatic carbocycles. The molecule has 0 atom stereocenters. The van der Waals surface area contributed by atoms with E-state index in [1.165, 1.54) is 5.56 Å². The van der Waals surface area contributed by atoms with Gasteiger partial charge in [-0.15, -0.1) is 0 Å². The maximum absolute atomic E-state index is 9.27. The number of hydrogen-bond donors (Lipinski definition) is 0. The van der Waals surface area contributed by atoms with Crippen molar-refractivity contribution < 1.29 is 7.31 Å². The van der Waals surface area contributed by atoms with Crippen LogP contribution in [0.5, 0.6) is 0 Å². The first kappa shape index (κ1) is 20.7. The van der Waals surface area contributed by atoms with E-state index in [0.29, 0.717) is 0 Å². The lowest BCUT2D eigenvalue weighted by molar-refractivity contribution is -0.633. The highest BCUT2D eigenvalue weighted by Crippen LogP contribution is 2.39. The van der Waals surface area contributed by atoms with Gasteiger partial charge in [0, 0.05) is 13.9 Å². The van der Waals surface area contributed by atoms with Crippen LogP contribution in [0.1, 0.15) is 58.9 Å². The summed E-state index contributed by atoms with van der Waals surface area (Å²) < 4.78 is 23.1. The van der Waals surface area contributed by atoms with Crippen LogP contribution in [0.25, 0.3) is 39.2 Å². The molecular formula is C33H35N2+. The second-order valence-corrected chi connectivity index (χ2v) is 9.81. The summed E-state index contributed by atoms with van der Waals surface area (Å²) in [6, 6.07) is 31.5. The maximum atomic E-state index is 9.27. The van der Waals surface area contributed by atoms with Crippen molar-refractivity contribution in [1.29, 1.82) is 0 Å². The first-order valence-electron chi connectivity index (χ1n) is 13.3. The van der Waals surface area contributed by atoms with Crippen LogP contribution in [0, 0.1) is 6.92 Å². The first-order valence-corrected chi connectivity index (χ1v) is 12.3. The molecule has 1 aromatic heterocycles. The van der Waals surface area contributed by atoms with Crippen molar-refractivity contribution in [3.63, 3.8) is 0 Å². The van der Waals surface area contributed by atoms with Gasteiger partial charge in [-0.3, -0.25) is 0 Å². The summed E-state index contributed by atoms with van der Waals surface area (Å²) in [4.78, 5) is 0.